The van der Waals surface area contributed by atoms with Crippen LogP contribution in [0.15, 0.2) is 54.6 Å². The van der Waals surface area contributed by atoms with Crippen molar-refractivity contribution in [1.82, 2.24) is 5.32 Å². The number of carbonyl (C=O) groups is 2. The molecule has 6 heteroatoms. The highest BCUT2D eigenvalue weighted by Gasteiger charge is 2.19. The molecule has 1 amide bonds. The maximum Gasteiger partial charge on any atom is 0.407 e. The Morgan fingerprint density at radius 1 is 1.04 bits per heavy atom. The maximum absolute atomic E-state index is 11.8. The van der Waals surface area contributed by atoms with Gasteiger partial charge in [0.2, 0.25) is 0 Å². The van der Waals surface area contributed by atoms with E-state index < -0.39 is 18.0 Å². The second-order valence-electron chi connectivity index (χ2n) is 5.30. The Morgan fingerprint density at radius 2 is 1.71 bits per heavy atom. The molecule has 6 nitrogen and oxygen atoms in total. The first-order valence-electron chi connectivity index (χ1n) is 7.50. The molecule has 2 aromatic carbocycles. The molecule has 0 bridgehead atoms. The summed E-state index contributed by atoms with van der Waals surface area (Å²) < 4.78 is 5.09. The maximum atomic E-state index is 11.8. The molecule has 126 valence electrons. The number of hydrogen-bond acceptors (Lipinski definition) is 4. The van der Waals surface area contributed by atoms with Crippen LogP contribution in [-0.4, -0.2) is 28.8 Å². The van der Waals surface area contributed by atoms with Crippen molar-refractivity contribution in [2.45, 2.75) is 18.9 Å². The van der Waals surface area contributed by atoms with Crippen LogP contribution in [-0.2, 0) is 16.1 Å². The zero-order valence-electron chi connectivity index (χ0n) is 13.0. The summed E-state index contributed by atoms with van der Waals surface area (Å²) in [5, 5.41) is 21.5. The van der Waals surface area contributed by atoms with Crippen molar-refractivity contribution in [2.24, 2.45) is 0 Å². The number of hydrogen-bond donors (Lipinski definition) is 3. The van der Waals surface area contributed by atoms with Gasteiger partial charge in [-0.2, -0.15) is 0 Å². The number of alkyl carbamates (subject to hydrolysis) is 1. The van der Waals surface area contributed by atoms with E-state index in [-0.39, 0.29) is 25.3 Å². The standard InChI is InChI=1S/C18H19NO5/c20-16-9-5-4-8-15(16)14(10-17(21)22)11-19-18(23)24-12-13-6-2-1-3-7-13/h1-9,14,20H,10-12H2,(H,19,23)(H,21,22). The van der Waals surface area contributed by atoms with E-state index in [1.54, 1.807) is 18.2 Å². The van der Waals surface area contributed by atoms with Crippen molar-refractivity contribution in [3.63, 3.8) is 0 Å². The van der Waals surface area contributed by atoms with Crippen LogP contribution in [0, 0.1) is 0 Å². The van der Waals surface area contributed by atoms with E-state index in [9.17, 15) is 14.7 Å². The lowest BCUT2D eigenvalue weighted by molar-refractivity contribution is -0.137. The van der Waals surface area contributed by atoms with Crippen LogP contribution in [0.1, 0.15) is 23.5 Å². The van der Waals surface area contributed by atoms with Gasteiger partial charge in [-0.15, -0.1) is 0 Å². The number of phenols is 1. The number of para-hydroxylation sites is 1. The van der Waals surface area contributed by atoms with Crippen molar-refractivity contribution in [1.29, 1.82) is 0 Å². The average molecular weight is 329 g/mol. The summed E-state index contributed by atoms with van der Waals surface area (Å²) in [6.45, 7) is 0.185. The summed E-state index contributed by atoms with van der Waals surface area (Å²) in [4.78, 5) is 22.8. The highest BCUT2D eigenvalue weighted by molar-refractivity contribution is 5.69. The summed E-state index contributed by atoms with van der Waals surface area (Å²) in [6, 6.07) is 15.7. The monoisotopic (exact) mass is 329 g/mol. The molecule has 0 spiro atoms. The number of rotatable bonds is 7. The fraction of sp³-hybridized carbons (Fsp3) is 0.222. The molecule has 0 aliphatic rings. The Hall–Kier alpha value is -3.02. The number of carboxylic acids is 1. The van der Waals surface area contributed by atoms with Gasteiger partial charge in [-0.05, 0) is 17.2 Å². The fourth-order valence-electron chi connectivity index (χ4n) is 2.32. The summed E-state index contributed by atoms with van der Waals surface area (Å²) in [5.41, 5.74) is 1.33. The number of nitrogens with one attached hydrogen (secondary N) is 1. The molecule has 0 radical (unpaired) electrons. The Bertz CT molecular complexity index is 687. The number of aliphatic carboxylic acids is 1. The minimum absolute atomic E-state index is 0.00297. The molecule has 0 heterocycles. The van der Waals surface area contributed by atoms with Crippen LogP contribution in [0.25, 0.3) is 0 Å². The number of ether oxygens (including phenoxy) is 1. The summed E-state index contributed by atoms with van der Waals surface area (Å²) >= 11 is 0. The zero-order chi connectivity index (χ0) is 17.4. The third kappa shape index (κ3) is 5.31. The lowest BCUT2D eigenvalue weighted by atomic mass is 9.95. The topological polar surface area (TPSA) is 95.9 Å². The van der Waals surface area contributed by atoms with Gasteiger partial charge in [0, 0.05) is 12.5 Å². The molecule has 1 unspecified atom stereocenters. The molecule has 0 aliphatic carbocycles. The van der Waals surface area contributed by atoms with Crippen molar-refractivity contribution < 1.29 is 24.5 Å². The molecule has 0 saturated heterocycles. The molecule has 24 heavy (non-hydrogen) atoms. The van der Waals surface area contributed by atoms with Gasteiger partial charge in [0.15, 0.2) is 0 Å². The van der Waals surface area contributed by atoms with E-state index in [2.05, 4.69) is 5.32 Å². The largest absolute Gasteiger partial charge is 0.508 e. The lowest BCUT2D eigenvalue weighted by Crippen LogP contribution is -2.30. The second kappa shape index (κ2) is 8.57. The second-order valence-corrected chi connectivity index (χ2v) is 5.30. The van der Waals surface area contributed by atoms with Gasteiger partial charge in [-0.1, -0.05) is 48.5 Å². The van der Waals surface area contributed by atoms with Crippen molar-refractivity contribution in [2.75, 3.05) is 6.54 Å². The molecule has 0 fully saturated rings. The van der Waals surface area contributed by atoms with Gasteiger partial charge in [0.1, 0.15) is 12.4 Å². The highest BCUT2D eigenvalue weighted by atomic mass is 16.5. The number of aromatic hydroxyl groups is 1. The van der Waals surface area contributed by atoms with Crippen LogP contribution >= 0.6 is 0 Å². The Labute approximate surface area is 139 Å². The van der Waals surface area contributed by atoms with Gasteiger partial charge in [-0.3, -0.25) is 4.79 Å². The lowest BCUT2D eigenvalue weighted by Gasteiger charge is -2.17. The van der Waals surface area contributed by atoms with Crippen LogP contribution in [0.3, 0.4) is 0 Å². The Kier molecular flexibility index (Phi) is 6.19. The normalized spacial score (nSPS) is 11.5. The molecular formula is C18H19NO5. The number of benzene rings is 2. The zero-order valence-corrected chi connectivity index (χ0v) is 13.0. The van der Waals surface area contributed by atoms with Crippen molar-refractivity contribution >= 4 is 12.1 Å². The smallest absolute Gasteiger partial charge is 0.407 e. The first-order chi connectivity index (χ1) is 11.6. The SMILES string of the molecule is O=C(O)CC(CNC(=O)OCc1ccccc1)c1ccccc1O. The minimum atomic E-state index is -1.01. The summed E-state index contributed by atoms with van der Waals surface area (Å²) in [6.07, 6.45) is -0.846. The molecule has 0 saturated carbocycles. The minimum Gasteiger partial charge on any atom is -0.508 e. The van der Waals surface area contributed by atoms with E-state index >= 15 is 0 Å². The van der Waals surface area contributed by atoms with Crippen molar-refractivity contribution in [3.8, 4) is 5.75 Å². The van der Waals surface area contributed by atoms with Crippen molar-refractivity contribution in [3.05, 3.63) is 65.7 Å². The number of amides is 1. The van der Waals surface area contributed by atoms with Crippen LogP contribution in [0.5, 0.6) is 5.75 Å². The van der Waals surface area contributed by atoms with E-state index in [1.165, 1.54) is 6.07 Å². The first-order valence-corrected chi connectivity index (χ1v) is 7.50. The Balaban J connectivity index is 1.91. The van der Waals surface area contributed by atoms with Gasteiger partial charge >= 0.3 is 12.1 Å². The number of carbonyl (C=O) groups excluding carboxylic acids is 1. The Morgan fingerprint density at radius 3 is 2.38 bits per heavy atom. The molecule has 3 N–H and O–H groups in total. The summed E-state index contributed by atoms with van der Waals surface area (Å²) in [5.74, 6) is -1.56. The van der Waals surface area contributed by atoms with E-state index in [0.29, 0.717) is 5.56 Å². The predicted octanol–water partition coefficient (Wildman–Crippen LogP) is 2.88. The van der Waals surface area contributed by atoms with Gasteiger partial charge in [0.05, 0.1) is 6.42 Å². The fourth-order valence-corrected chi connectivity index (χ4v) is 2.32. The average Bonchev–Trinajstić information content (AvgIpc) is 2.58. The van der Waals surface area contributed by atoms with Gasteiger partial charge in [0.25, 0.3) is 0 Å². The van der Waals surface area contributed by atoms with E-state index in [1.807, 2.05) is 30.3 Å². The first kappa shape index (κ1) is 17.3. The molecule has 0 aromatic heterocycles. The third-order valence-corrected chi connectivity index (χ3v) is 3.50. The van der Waals surface area contributed by atoms with Gasteiger partial charge < -0.3 is 20.3 Å². The molecular weight excluding hydrogens is 310 g/mol. The third-order valence-electron chi connectivity index (χ3n) is 3.50. The number of phenolic OH excluding ortho intramolecular Hbond substituents is 1. The van der Waals surface area contributed by atoms with Crippen LogP contribution in [0.2, 0.25) is 0 Å². The molecule has 0 aliphatic heterocycles. The molecule has 1 atom stereocenters. The van der Waals surface area contributed by atoms with Gasteiger partial charge in [-0.25, -0.2) is 4.79 Å². The summed E-state index contributed by atoms with van der Waals surface area (Å²) in [7, 11) is 0. The van der Waals surface area contributed by atoms with Crippen LogP contribution in [0.4, 0.5) is 4.79 Å². The molecule has 2 rings (SSSR count). The highest BCUT2D eigenvalue weighted by Crippen LogP contribution is 2.27. The molecule has 2 aromatic rings. The van der Waals surface area contributed by atoms with E-state index in [4.69, 9.17) is 9.84 Å². The van der Waals surface area contributed by atoms with Crippen LogP contribution < -0.4 is 5.32 Å². The number of carboxylic acid groups (broad SMARTS) is 1. The quantitative estimate of drug-likeness (QED) is 0.726. The van der Waals surface area contributed by atoms with E-state index in [0.717, 1.165) is 5.56 Å². The predicted molar refractivity (Wildman–Crippen MR) is 87.7 cm³/mol.